The number of nitrogens with zero attached hydrogens (tertiary/aromatic N) is 1. The van der Waals surface area contributed by atoms with Crippen molar-refractivity contribution in [2.24, 2.45) is 5.73 Å². The van der Waals surface area contributed by atoms with E-state index in [-0.39, 0.29) is 5.91 Å². The van der Waals surface area contributed by atoms with Crippen molar-refractivity contribution in [1.29, 1.82) is 0 Å². The SMILES string of the molecule is CCC1CCCN1CC(=O)Nc1ccc(C(N)=S)cc1. The second-order valence-electron chi connectivity index (χ2n) is 5.16. The molecule has 1 fully saturated rings. The minimum Gasteiger partial charge on any atom is -0.389 e. The number of carbonyl (C=O) groups excluding carboxylic acids is 1. The van der Waals surface area contributed by atoms with Gasteiger partial charge < -0.3 is 11.1 Å². The molecule has 1 aliphatic heterocycles. The van der Waals surface area contributed by atoms with Crippen molar-refractivity contribution in [2.75, 3.05) is 18.4 Å². The largest absolute Gasteiger partial charge is 0.389 e. The highest BCUT2D eigenvalue weighted by atomic mass is 32.1. The third-order valence-corrected chi connectivity index (χ3v) is 4.01. The second-order valence-corrected chi connectivity index (χ2v) is 5.60. The minimum absolute atomic E-state index is 0.0356. The summed E-state index contributed by atoms with van der Waals surface area (Å²) in [6.45, 7) is 3.66. The van der Waals surface area contributed by atoms with Crippen LogP contribution in [0.25, 0.3) is 0 Å². The lowest BCUT2D eigenvalue weighted by Crippen LogP contribution is -2.36. The highest BCUT2D eigenvalue weighted by Gasteiger charge is 2.24. The third kappa shape index (κ3) is 3.77. The van der Waals surface area contributed by atoms with Crippen LogP contribution in [0.5, 0.6) is 0 Å². The van der Waals surface area contributed by atoms with E-state index in [0.29, 0.717) is 17.6 Å². The molecule has 1 saturated heterocycles. The highest BCUT2D eigenvalue weighted by Crippen LogP contribution is 2.19. The summed E-state index contributed by atoms with van der Waals surface area (Å²) in [5.74, 6) is 0.0356. The van der Waals surface area contributed by atoms with Gasteiger partial charge in [-0.05, 0) is 50.1 Å². The number of anilines is 1. The van der Waals surface area contributed by atoms with Gasteiger partial charge in [-0.3, -0.25) is 9.69 Å². The van der Waals surface area contributed by atoms with E-state index >= 15 is 0 Å². The molecule has 0 aliphatic carbocycles. The van der Waals surface area contributed by atoms with Crippen molar-refractivity contribution in [3.63, 3.8) is 0 Å². The number of amides is 1. The van der Waals surface area contributed by atoms with Crippen molar-refractivity contribution >= 4 is 28.8 Å². The molecule has 20 heavy (non-hydrogen) atoms. The Morgan fingerprint density at radius 2 is 2.15 bits per heavy atom. The van der Waals surface area contributed by atoms with E-state index in [2.05, 4.69) is 17.1 Å². The van der Waals surface area contributed by atoms with Gasteiger partial charge in [-0.15, -0.1) is 0 Å². The monoisotopic (exact) mass is 291 g/mol. The summed E-state index contributed by atoms with van der Waals surface area (Å²) in [6.07, 6.45) is 3.50. The average Bonchev–Trinajstić information content (AvgIpc) is 2.86. The van der Waals surface area contributed by atoms with Gasteiger partial charge in [0, 0.05) is 17.3 Å². The Bertz CT molecular complexity index is 486. The molecule has 0 bridgehead atoms. The third-order valence-electron chi connectivity index (χ3n) is 3.77. The van der Waals surface area contributed by atoms with Crippen LogP contribution in [0.3, 0.4) is 0 Å². The van der Waals surface area contributed by atoms with Crippen LogP contribution in [-0.2, 0) is 4.79 Å². The zero-order valence-corrected chi connectivity index (χ0v) is 12.6. The summed E-state index contributed by atoms with van der Waals surface area (Å²) in [4.78, 5) is 14.7. The Kier molecular flexibility index (Phi) is 5.09. The normalized spacial score (nSPS) is 18.9. The minimum atomic E-state index is 0.0356. The van der Waals surface area contributed by atoms with Gasteiger partial charge in [-0.1, -0.05) is 19.1 Å². The fraction of sp³-hybridized carbons (Fsp3) is 0.467. The Hall–Kier alpha value is -1.46. The van der Waals surface area contributed by atoms with Crippen LogP contribution in [0.2, 0.25) is 0 Å². The standard InChI is InChI=1S/C15H21N3OS/c1-2-13-4-3-9-18(13)10-14(19)17-12-7-5-11(6-8-12)15(16)20/h5-8,13H,2-4,9-10H2,1H3,(H2,16,20)(H,17,19). The lowest BCUT2D eigenvalue weighted by molar-refractivity contribution is -0.117. The van der Waals surface area contributed by atoms with Gasteiger partial charge in [0.2, 0.25) is 5.91 Å². The second kappa shape index (κ2) is 6.81. The Labute approximate surface area is 125 Å². The lowest BCUT2D eigenvalue weighted by atomic mass is 10.2. The first-order valence-corrected chi connectivity index (χ1v) is 7.44. The number of carbonyl (C=O) groups is 1. The van der Waals surface area contributed by atoms with Crippen LogP contribution in [0.1, 0.15) is 31.7 Å². The summed E-state index contributed by atoms with van der Waals surface area (Å²) in [5, 5.41) is 2.91. The van der Waals surface area contributed by atoms with Crippen LogP contribution in [0, 0.1) is 0 Å². The average molecular weight is 291 g/mol. The van der Waals surface area contributed by atoms with Gasteiger partial charge >= 0.3 is 0 Å². The number of nitrogens with one attached hydrogen (secondary N) is 1. The summed E-state index contributed by atoms with van der Waals surface area (Å²) in [7, 11) is 0. The summed E-state index contributed by atoms with van der Waals surface area (Å²) in [6, 6.07) is 7.85. The maximum atomic E-state index is 12.0. The summed E-state index contributed by atoms with van der Waals surface area (Å²) >= 11 is 4.90. The van der Waals surface area contributed by atoms with Crippen molar-refractivity contribution in [3.8, 4) is 0 Å². The number of hydrogen-bond donors (Lipinski definition) is 2. The highest BCUT2D eigenvalue weighted by molar-refractivity contribution is 7.80. The van der Waals surface area contributed by atoms with Crippen molar-refractivity contribution in [1.82, 2.24) is 4.90 Å². The van der Waals surface area contributed by atoms with Crippen LogP contribution >= 0.6 is 12.2 Å². The molecule has 0 saturated carbocycles. The molecule has 108 valence electrons. The van der Waals surface area contributed by atoms with Gasteiger partial charge in [0.05, 0.1) is 6.54 Å². The van der Waals surface area contributed by atoms with Gasteiger partial charge in [-0.2, -0.15) is 0 Å². The van der Waals surface area contributed by atoms with Gasteiger partial charge in [0.25, 0.3) is 0 Å². The number of nitrogens with two attached hydrogens (primary N) is 1. The number of benzene rings is 1. The molecular weight excluding hydrogens is 270 g/mol. The van der Waals surface area contributed by atoms with Gasteiger partial charge in [0.1, 0.15) is 4.99 Å². The first-order valence-electron chi connectivity index (χ1n) is 7.04. The molecule has 1 aliphatic rings. The van der Waals surface area contributed by atoms with Crippen LogP contribution < -0.4 is 11.1 Å². The fourth-order valence-corrected chi connectivity index (χ4v) is 2.80. The van der Waals surface area contributed by atoms with E-state index in [1.165, 1.54) is 12.8 Å². The van der Waals surface area contributed by atoms with Crippen molar-refractivity contribution < 1.29 is 4.79 Å². The molecule has 3 N–H and O–H groups in total. The van der Waals surface area contributed by atoms with E-state index in [1.807, 2.05) is 24.3 Å². The van der Waals surface area contributed by atoms with Crippen LogP contribution in [0.4, 0.5) is 5.69 Å². The molecule has 2 rings (SSSR count). The Morgan fingerprint density at radius 3 is 2.75 bits per heavy atom. The van der Waals surface area contributed by atoms with E-state index in [1.54, 1.807) is 0 Å². The number of rotatable bonds is 5. The van der Waals surface area contributed by atoms with E-state index in [4.69, 9.17) is 18.0 Å². The van der Waals surface area contributed by atoms with E-state index in [0.717, 1.165) is 24.2 Å². The zero-order chi connectivity index (χ0) is 14.5. The molecule has 1 unspecified atom stereocenters. The number of likely N-dealkylation sites (tertiary alicyclic amines) is 1. The lowest BCUT2D eigenvalue weighted by Gasteiger charge is -2.22. The van der Waals surface area contributed by atoms with Gasteiger partial charge in [-0.25, -0.2) is 0 Å². The fourth-order valence-electron chi connectivity index (χ4n) is 2.67. The zero-order valence-electron chi connectivity index (χ0n) is 11.8. The number of thiocarbonyl (C=S) groups is 1. The molecule has 0 radical (unpaired) electrons. The molecule has 4 nitrogen and oxygen atoms in total. The summed E-state index contributed by atoms with van der Waals surface area (Å²) in [5.41, 5.74) is 7.13. The molecule has 1 aromatic rings. The van der Waals surface area contributed by atoms with Crippen molar-refractivity contribution in [3.05, 3.63) is 29.8 Å². The van der Waals surface area contributed by atoms with Crippen molar-refractivity contribution in [2.45, 2.75) is 32.2 Å². The smallest absolute Gasteiger partial charge is 0.238 e. The molecule has 0 aromatic heterocycles. The first-order chi connectivity index (χ1) is 9.60. The predicted octanol–water partition coefficient (Wildman–Crippen LogP) is 2.13. The predicted molar refractivity (Wildman–Crippen MR) is 85.8 cm³/mol. The molecule has 1 heterocycles. The molecule has 1 atom stereocenters. The summed E-state index contributed by atoms with van der Waals surface area (Å²) < 4.78 is 0. The van der Waals surface area contributed by atoms with Crippen LogP contribution in [0.15, 0.2) is 24.3 Å². The van der Waals surface area contributed by atoms with Gasteiger partial charge in [0.15, 0.2) is 0 Å². The maximum Gasteiger partial charge on any atom is 0.238 e. The molecular formula is C15H21N3OS. The molecule has 1 aromatic carbocycles. The first kappa shape index (κ1) is 14.9. The van der Waals surface area contributed by atoms with E-state index < -0.39 is 0 Å². The molecule has 0 spiro atoms. The quantitative estimate of drug-likeness (QED) is 0.816. The molecule has 5 heteroatoms. The van der Waals surface area contributed by atoms with Crippen LogP contribution in [-0.4, -0.2) is 34.9 Å². The maximum absolute atomic E-state index is 12.0. The number of hydrogen-bond acceptors (Lipinski definition) is 3. The van der Waals surface area contributed by atoms with E-state index in [9.17, 15) is 4.79 Å². The topological polar surface area (TPSA) is 58.4 Å². The Morgan fingerprint density at radius 1 is 1.45 bits per heavy atom. The Balaban J connectivity index is 1.89. The molecule has 1 amide bonds.